The summed E-state index contributed by atoms with van der Waals surface area (Å²) in [5, 5.41) is 0. The molecule has 0 bridgehead atoms. The van der Waals surface area contributed by atoms with Gasteiger partial charge in [0.15, 0.2) is 5.78 Å². The number of hydrogen-bond acceptors (Lipinski definition) is 4. The Kier molecular flexibility index (Phi) is 6.11. The normalized spacial score (nSPS) is 11.8. The average molecular weight is 380 g/mol. The third-order valence-corrected chi connectivity index (χ3v) is 4.50. The van der Waals surface area contributed by atoms with Gasteiger partial charge in [-0.2, -0.15) is 0 Å². The third-order valence-electron chi connectivity index (χ3n) is 3.95. The Bertz CT molecular complexity index is 954. The maximum absolute atomic E-state index is 12.9. The Morgan fingerprint density at radius 2 is 1.78 bits per heavy atom. The second kappa shape index (κ2) is 8.70. The molecule has 0 aliphatic rings. The van der Waals surface area contributed by atoms with Crippen molar-refractivity contribution < 1.29 is 13.7 Å². The van der Waals surface area contributed by atoms with Gasteiger partial charge in [0.25, 0.3) is 0 Å². The highest BCUT2D eigenvalue weighted by Crippen LogP contribution is 2.25. The number of aryl methyl sites for hydroxylation is 1. The number of nitrogens with one attached hydrogen (secondary N) is 1. The lowest BCUT2D eigenvalue weighted by Gasteiger charge is -2.10. The fraction of sp³-hybridized carbons (Fsp3) is 0.143. The molecule has 0 fully saturated rings. The molecule has 0 spiro atoms. The largest absolute Gasteiger partial charge is 0.438 e. The summed E-state index contributed by atoms with van der Waals surface area (Å²) >= 11 is 0. The number of nitrogens with zero attached hydrogens (tertiary/aromatic N) is 1. The summed E-state index contributed by atoms with van der Waals surface area (Å²) in [6.07, 6.45) is 3.18. The summed E-state index contributed by atoms with van der Waals surface area (Å²) < 4.78 is 19.8. The van der Waals surface area contributed by atoms with E-state index in [0.717, 1.165) is 11.1 Å². The Morgan fingerprint density at radius 3 is 2.44 bits per heavy atom. The molecular formula is C21H20N2O3S. The second-order valence-corrected chi connectivity index (χ2v) is 7.27. The molecule has 0 saturated carbocycles. The second-order valence-electron chi connectivity index (χ2n) is 6.07. The van der Waals surface area contributed by atoms with Gasteiger partial charge in [0.2, 0.25) is 5.88 Å². The molecule has 2 aromatic carbocycles. The molecule has 0 aliphatic heterocycles. The van der Waals surface area contributed by atoms with E-state index in [0.29, 0.717) is 23.4 Å². The van der Waals surface area contributed by atoms with Crippen LogP contribution in [0.15, 0.2) is 66.9 Å². The number of aromatic nitrogens is 1. The Balaban J connectivity index is 1.80. The smallest absolute Gasteiger partial charge is 0.230 e. The van der Waals surface area contributed by atoms with Gasteiger partial charge in [-0.25, -0.2) is 13.9 Å². The Hall–Kier alpha value is -2.83. The molecule has 0 saturated heterocycles. The van der Waals surface area contributed by atoms with Crippen LogP contribution in [0.2, 0.25) is 0 Å². The van der Waals surface area contributed by atoms with E-state index in [1.54, 1.807) is 36.7 Å². The zero-order valence-electron chi connectivity index (χ0n) is 15.1. The number of ether oxygens (including phenoxy) is 1. The highest BCUT2D eigenvalue weighted by Gasteiger charge is 2.16. The molecule has 3 rings (SSSR count). The molecule has 3 aromatic rings. The van der Waals surface area contributed by atoms with Crippen molar-refractivity contribution in [2.75, 3.05) is 6.26 Å². The van der Waals surface area contributed by atoms with E-state index < -0.39 is 11.0 Å². The summed E-state index contributed by atoms with van der Waals surface area (Å²) in [6.45, 7) is 2.48. The van der Waals surface area contributed by atoms with Crippen molar-refractivity contribution in [2.24, 2.45) is 0 Å². The van der Waals surface area contributed by atoms with Crippen molar-refractivity contribution in [1.29, 1.82) is 0 Å². The number of carbonyl (C=O) groups excluding carboxylic acids is 1. The maximum atomic E-state index is 12.9. The third kappa shape index (κ3) is 5.09. The lowest BCUT2D eigenvalue weighted by molar-refractivity contribution is 0.103. The molecule has 0 radical (unpaired) electrons. The number of benzene rings is 2. The van der Waals surface area contributed by atoms with Crippen LogP contribution >= 0.6 is 0 Å². The maximum Gasteiger partial charge on any atom is 0.230 e. The molecule has 1 N–H and O–H groups in total. The lowest BCUT2D eigenvalue weighted by Crippen LogP contribution is -2.14. The van der Waals surface area contributed by atoms with E-state index in [-0.39, 0.29) is 11.7 Å². The predicted octanol–water partition coefficient (Wildman–Crippen LogP) is 3.80. The van der Waals surface area contributed by atoms with Crippen LogP contribution in [0.5, 0.6) is 11.6 Å². The van der Waals surface area contributed by atoms with Crippen molar-refractivity contribution in [3.8, 4) is 11.6 Å². The molecule has 1 heterocycles. The summed E-state index contributed by atoms with van der Waals surface area (Å²) in [6, 6.07) is 18.2. The van der Waals surface area contributed by atoms with E-state index in [1.165, 1.54) is 0 Å². The SMILES string of the molecule is Cc1ccc(Oc2ncccc2C(=O)c2ccc(CNS(C)=O)cc2)cc1. The lowest BCUT2D eigenvalue weighted by atomic mass is 10.0. The van der Waals surface area contributed by atoms with Gasteiger partial charge in [-0.15, -0.1) is 0 Å². The Morgan fingerprint density at radius 1 is 1.07 bits per heavy atom. The zero-order valence-corrected chi connectivity index (χ0v) is 16.0. The summed E-state index contributed by atoms with van der Waals surface area (Å²) in [4.78, 5) is 17.1. The molecule has 0 aliphatic carbocycles. The number of pyridine rings is 1. The molecule has 27 heavy (non-hydrogen) atoms. The summed E-state index contributed by atoms with van der Waals surface area (Å²) in [5.74, 6) is 0.740. The number of carbonyl (C=O) groups is 1. The van der Waals surface area contributed by atoms with Crippen molar-refractivity contribution in [3.63, 3.8) is 0 Å². The van der Waals surface area contributed by atoms with Crippen molar-refractivity contribution in [2.45, 2.75) is 13.5 Å². The number of rotatable bonds is 7. The van der Waals surface area contributed by atoms with Crippen LogP contribution in [-0.4, -0.2) is 21.2 Å². The van der Waals surface area contributed by atoms with Crippen LogP contribution in [-0.2, 0) is 17.5 Å². The fourth-order valence-corrected chi connectivity index (χ4v) is 2.85. The molecule has 1 aromatic heterocycles. The first-order valence-electron chi connectivity index (χ1n) is 8.43. The number of hydrogen-bond donors (Lipinski definition) is 1. The minimum atomic E-state index is -1.08. The first-order chi connectivity index (χ1) is 13.0. The van der Waals surface area contributed by atoms with Crippen LogP contribution in [0.4, 0.5) is 0 Å². The minimum absolute atomic E-state index is 0.163. The molecule has 138 valence electrons. The van der Waals surface area contributed by atoms with Gasteiger partial charge in [-0.3, -0.25) is 4.79 Å². The van der Waals surface area contributed by atoms with Gasteiger partial charge < -0.3 is 4.74 Å². The van der Waals surface area contributed by atoms with Gasteiger partial charge >= 0.3 is 0 Å². The quantitative estimate of drug-likeness (QED) is 0.633. The number of ketones is 1. The first-order valence-corrected chi connectivity index (χ1v) is 9.99. The Labute approximate surface area is 161 Å². The molecule has 1 unspecified atom stereocenters. The minimum Gasteiger partial charge on any atom is -0.438 e. The van der Waals surface area contributed by atoms with Crippen LogP contribution in [0.1, 0.15) is 27.0 Å². The molecule has 0 amide bonds. The molecule has 6 heteroatoms. The average Bonchev–Trinajstić information content (AvgIpc) is 2.68. The predicted molar refractivity (Wildman–Crippen MR) is 106 cm³/mol. The highest BCUT2D eigenvalue weighted by molar-refractivity contribution is 7.82. The van der Waals surface area contributed by atoms with Crippen LogP contribution in [0.3, 0.4) is 0 Å². The van der Waals surface area contributed by atoms with E-state index in [4.69, 9.17) is 4.74 Å². The molecule has 5 nitrogen and oxygen atoms in total. The monoisotopic (exact) mass is 380 g/mol. The zero-order chi connectivity index (χ0) is 19.2. The first kappa shape index (κ1) is 18.9. The fourth-order valence-electron chi connectivity index (χ4n) is 2.48. The van der Waals surface area contributed by atoms with Crippen molar-refractivity contribution >= 4 is 16.8 Å². The summed E-state index contributed by atoms with van der Waals surface area (Å²) in [5.41, 5.74) is 3.02. The van der Waals surface area contributed by atoms with Gasteiger partial charge in [0, 0.05) is 24.6 Å². The standard InChI is InChI=1S/C21H20N2O3S/c1-15-5-11-18(12-6-15)26-21-19(4-3-13-22-21)20(24)17-9-7-16(8-10-17)14-23-27(2)25/h3-13,23H,14H2,1-2H3. The van der Waals surface area contributed by atoms with E-state index in [2.05, 4.69) is 9.71 Å². The van der Waals surface area contributed by atoms with Gasteiger partial charge in [-0.05, 0) is 36.8 Å². The topological polar surface area (TPSA) is 68.3 Å². The van der Waals surface area contributed by atoms with Gasteiger partial charge in [-0.1, -0.05) is 42.0 Å². The van der Waals surface area contributed by atoms with Crippen LogP contribution in [0.25, 0.3) is 0 Å². The van der Waals surface area contributed by atoms with E-state index >= 15 is 0 Å². The molecule has 1 atom stereocenters. The van der Waals surface area contributed by atoms with Gasteiger partial charge in [0.1, 0.15) is 5.75 Å². The van der Waals surface area contributed by atoms with E-state index in [9.17, 15) is 9.00 Å². The summed E-state index contributed by atoms with van der Waals surface area (Å²) in [7, 11) is -1.08. The van der Waals surface area contributed by atoms with Crippen LogP contribution < -0.4 is 9.46 Å². The van der Waals surface area contributed by atoms with Gasteiger partial charge in [0.05, 0.1) is 16.5 Å². The molecular weight excluding hydrogens is 360 g/mol. The van der Waals surface area contributed by atoms with Crippen molar-refractivity contribution in [1.82, 2.24) is 9.71 Å². The highest BCUT2D eigenvalue weighted by atomic mass is 32.2. The van der Waals surface area contributed by atoms with Crippen molar-refractivity contribution in [3.05, 3.63) is 89.1 Å². The van der Waals surface area contributed by atoms with Crippen LogP contribution in [0, 0.1) is 6.92 Å². The van der Waals surface area contributed by atoms with E-state index in [1.807, 2.05) is 43.3 Å².